The lowest BCUT2D eigenvalue weighted by Gasteiger charge is -2.17. The van der Waals surface area contributed by atoms with E-state index < -0.39 is 11.5 Å². The summed E-state index contributed by atoms with van der Waals surface area (Å²) in [6.07, 6.45) is 1.39. The van der Waals surface area contributed by atoms with Crippen molar-refractivity contribution in [1.82, 2.24) is 9.13 Å². The molecule has 7 nitrogen and oxygen atoms in total. The van der Waals surface area contributed by atoms with E-state index in [1.807, 2.05) is 36.4 Å². The van der Waals surface area contributed by atoms with Gasteiger partial charge in [-0.15, -0.1) is 0 Å². The maximum atomic E-state index is 13.7. The van der Waals surface area contributed by atoms with E-state index in [2.05, 4.69) is 27.7 Å². The first-order valence-corrected chi connectivity index (χ1v) is 12.4. The Labute approximate surface area is 225 Å². The summed E-state index contributed by atoms with van der Waals surface area (Å²) in [7, 11) is 0. The van der Waals surface area contributed by atoms with Gasteiger partial charge in [0.25, 0.3) is 11.5 Å². The van der Waals surface area contributed by atoms with E-state index in [1.54, 1.807) is 55.5 Å². The summed E-state index contributed by atoms with van der Waals surface area (Å²) in [5.41, 5.74) is 1.74. The van der Waals surface area contributed by atoms with Gasteiger partial charge in [0, 0.05) is 3.57 Å². The third-order valence-corrected chi connectivity index (χ3v) is 6.80. The highest BCUT2D eigenvalue weighted by molar-refractivity contribution is 14.1. The molecule has 0 aliphatic carbocycles. The van der Waals surface area contributed by atoms with E-state index in [-0.39, 0.29) is 21.8 Å². The molecule has 1 aromatic heterocycles. The van der Waals surface area contributed by atoms with Crippen molar-refractivity contribution in [2.45, 2.75) is 6.92 Å². The lowest BCUT2D eigenvalue weighted by Crippen LogP contribution is -2.26. The first kappa shape index (κ1) is 23.9. The van der Waals surface area contributed by atoms with Gasteiger partial charge in [-0.2, -0.15) is 10.1 Å². The molecule has 1 aliphatic heterocycles. The quantitative estimate of drug-likeness (QED) is 0.190. The van der Waals surface area contributed by atoms with Crippen LogP contribution >= 0.6 is 34.8 Å². The molecule has 1 amide bonds. The summed E-state index contributed by atoms with van der Waals surface area (Å²) in [5, 5.41) is 17.0. The predicted octanol–water partition coefficient (Wildman–Crippen LogP) is 5.47. The Morgan fingerprint density at radius 1 is 0.833 bits per heavy atom. The number of hydrogen-bond acceptors (Lipinski definition) is 5. The van der Waals surface area contributed by atoms with Gasteiger partial charge in [0.1, 0.15) is 5.56 Å². The molecule has 0 fully saturated rings. The molecule has 2 heterocycles. The van der Waals surface area contributed by atoms with Gasteiger partial charge in [0.05, 0.1) is 28.3 Å². The van der Waals surface area contributed by atoms with E-state index >= 15 is 0 Å². The van der Waals surface area contributed by atoms with E-state index in [4.69, 9.17) is 12.2 Å². The summed E-state index contributed by atoms with van der Waals surface area (Å²) in [5.74, 6) is -0.753. The van der Waals surface area contributed by atoms with Gasteiger partial charge in [-0.3, -0.25) is 18.7 Å². The second-order valence-electron chi connectivity index (χ2n) is 8.00. The van der Waals surface area contributed by atoms with Gasteiger partial charge in [-0.1, -0.05) is 36.4 Å². The zero-order valence-corrected chi connectivity index (χ0v) is 22.0. The maximum absolute atomic E-state index is 13.7. The van der Waals surface area contributed by atoms with Crippen LogP contribution in [0.3, 0.4) is 0 Å². The van der Waals surface area contributed by atoms with Crippen molar-refractivity contribution in [1.29, 1.82) is 0 Å². The number of anilines is 1. The summed E-state index contributed by atoms with van der Waals surface area (Å²) in [6, 6.07) is 25.3. The predicted molar refractivity (Wildman–Crippen MR) is 152 cm³/mol. The highest BCUT2D eigenvalue weighted by Gasteiger charge is 2.30. The molecule has 0 radical (unpaired) electrons. The third kappa shape index (κ3) is 4.20. The highest BCUT2D eigenvalue weighted by atomic mass is 127. The van der Waals surface area contributed by atoms with Crippen LogP contribution in [0.25, 0.3) is 17.5 Å². The number of amides is 1. The number of rotatable bonds is 4. The zero-order valence-electron chi connectivity index (χ0n) is 19.0. The molecule has 36 heavy (non-hydrogen) atoms. The van der Waals surface area contributed by atoms with Crippen LogP contribution < -0.4 is 10.6 Å². The van der Waals surface area contributed by atoms with Crippen molar-refractivity contribution < 1.29 is 9.90 Å². The smallest absolute Gasteiger partial charge is 0.280 e. The zero-order chi connectivity index (χ0) is 25.4. The molecule has 9 heteroatoms. The van der Waals surface area contributed by atoms with Gasteiger partial charge in [0.15, 0.2) is 4.77 Å². The molecule has 0 atom stereocenters. The lowest BCUT2D eigenvalue weighted by molar-refractivity contribution is -0.114. The van der Waals surface area contributed by atoms with Crippen molar-refractivity contribution in [3.8, 4) is 17.3 Å². The monoisotopic (exact) mass is 606 g/mol. The topological polar surface area (TPSA) is 79.8 Å². The number of carbonyl (C=O) groups excluding carboxylic acids is 1. The van der Waals surface area contributed by atoms with E-state index in [9.17, 15) is 14.7 Å². The van der Waals surface area contributed by atoms with Crippen LogP contribution in [0.15, 0.2) is 100 Å². The minimum atomic E-state index is -0.545. The second-order valence-corrected chi connectivity index (χ2v) is 9.61. The van der Waals surface area contributed by atoms with Crippen LogP contribution in [0.4, 0.5) is 5.69 Å². The van der Waals surface area contributed by atoms with Crippen LogP contribution in [0.5, 0.6) is 5.88 Å². The minimum Gasteiger partial charge on any atom is -0.494 e. The number of para-hydroxylation sites is 2. The number of hydrogen-bond donors (Lipinski definition) is 1. The third-order valence-electron chi connectivity index (χ3n) is 5.72. The number of halogens is 1. The fraction of sp³-hybridized carbons (Fsp3) is 0.0370. The lowest BCUT2D eigenvalue weighted by atomic mass is 10.1. The number of aromatic nitrogens is 2. The van der Waals surface area contributed by atoms with Crippen molar-refractivity contribution in [3.63, 3.8) is 0 Å². The Morgan fingerprint density at radius 3 is 1.97 bits per heavy atom. The van der Waals surface area contributed by atoms with Gasteiger partial charge in [0.2, 0.25) is 5.88 Å². The second kappa shape index (κ2) is 9.67. The summed E-state index contributed by atoms with van der Waals surface area (Å²) < 4.78 is 3.89. The maximum Gasteiger partial charge on any atom is 0.280 e. The molecule has 3 aromatic carbocycles. The van der Waals surface area contributed by atoms with Crippen LogP contribution in [0, 0.1) is 8.34 Å². The van der Waals surface area contributed by atoms with Gasteiger partial charge >= 0.3 is 0 Å². The Morgan fingerprint density at radius 2 is 1.39 bits per heavy atom. The Kier molecular flexibility index (Phi) is 6.42. The summed E-state index contributed by atoms with van der Waals surface area (Å²) in [4.78, 5) is 27.0. The van der Waals surface area contributed by atoms with E-state index in [0.29, 0.717) is 22.8 Å². The first-order valence-electron chi connectivity index (χ1n) is 11.0. The molecule has 5 rings (SSSR count). The average Bonchev–Trinajstić information content (AvgIpc) is 3.16. The van der Waals surface area contributed by atoms with E-state index in [0.717, 1.165) is 3.57 Å². The fourth-order valence-corrected chi connectivity index (χ4v) is 4.68. The largest absolute Gasteiger partial charge is 0.494 e. The molecule has 178 valence electrons. The van der Waals surface area contributed by atoms with E-state index in [1.165, 1.54) is 20.2 Å². The molecule has 0 unspecified atom stereocenters. The first-order chi connectivity index (χ1) is 17.4. The van der Waals surface area contributed by atoms with Crippen LogP contribution in [-0.2, 0) is 4.79 Å². The number of benzene rings is 3. The van der Waals surface area contributed by atoms with Gasteiger partial charge < -0.3 is 5.11 Å². The Balaban J connectivity index is 1.73. The molecule has 1 aliphatic rings. The normalized spacial score (nSPS) is 14.4. The molecule has 0 bridgehead atoms. The molecular formula is C27H19IN4O3S. The number of hydrazone groups is 1. The van der Waals surface area contributed by atoms with Crippen LogP contribution in [-0.4, -0.2) is 25.9 Å². The van der Waals surface area contributed by atoms with Crippen molar-refractivity contribution in [3.05, 3.63) is 115 Å². The van der Waals surface area contributed by atoms with Crippen LogP contribution in [0.1, 0.15) is 12.5 Å². The summed E-state index contributed by atoms with van der Waals surface area (Å²) in [6.45, 7) is 1.69. The molecule has 0 spiro atoms. The number of aromatic hydroxyl groups is 1. The Hall–Kier alpha value is -3.83. The molecule has 1 N–H and O–H groups in total. The molecular weight excluding hydrogens is 587 g/mol. The Bertz CT molecular complexity index is 1660. The molecule has 0 saturated carbocycles. The number of nitrogens with zero attached hydrogens (tertiary/aromatic N) is 4. The SMILES string of the molecule is CC1=NN(c2ccc(I)cc2)C(=O)C1=Cc1c(O)n(-c2ccccc2)c(=S)n(-c2ccccc2)c1=O. The van der Waals surface area contributed by atoms with Crippen LogP contribution in [0.2, 0.25) is 0 Å². The van der Waals surface area contributed by atoms with Gasteiger partial charge in [-0.25, -0.2) is 0 Å². The minimum absolute atomic E-state index is 0.0707. The fourth-order valence-electron chi connectivity index (χ4n) is 3.94. The van der Waals surface area contributed by atoms with Crippen molar-refractivity contribution in [2.75, 3.05) is 5.01 Å². The molecule has 0 saturated heterocycles. The van der Waals surface area contributed by atoms with Crippen molar-refractivity contribution >= 4 is 58.2 Å². The van der Waals surface area contributed by atoms with Crippen molar-refractivity contribution in [2.24, 2.45) is 5.10 Å². The molecule has 4 aromatic rings. The summed E-state index contributed by atoms with van der Waals surface area (Å²) >= 11 is 7.85. The standard InChI is InChI=1S/C27H19IN4O3S/c1-17-22(26(35)32(29-17)21-14-12-18(28)13-15-21)16-23-24(33)30(19-8-4-2-5-9-19)27(36)31(25(23)34)20-10-6-3-7-11-20/h2-16,33H,1H3. The highest BCUT2D eigenvalue weighted by Crippen LogP contribution is 2.28. The number of carbonyl (C=O) groups is 1. The van der Waals surface area contributed by atoms with Gasteiger partial charge in [-0.05, 0) is 96.3 Å². The average molecular weight is 606 g/mol.